The van der Waals surface area contributed by atoms with Crippen LogP contribution in [0.3, 0.4) is 0 Å². The molecular formula is C24H27FN6OS. The number of nitrogens with one attached hydrogen (secondary N) is 2. The fourth-order valence-corrected chi connectivity index (χ4v) is 4.81. The standard InChI is InChI=1S/C24H27FN6OS/c1-3-18(32)11-16-4-8-19(9-5-16)33-23-27-20(26-21-10-15(2)29-30-21)12-22(28-23)31-13-24(25,14-31)17-6-7-17/h4-5,8-10,12,17H,3,6-7,11,13-14H2,1-2H3,(H2,26,27,28,29,30). The van der Waals surface area contributed by atoms with Gasteiger partial charge in [0.1, 0.15) is 23.1 Å². The van der Waals surface area contributed by atoms with Gasteiger partial charge in [-0.3, -0.25) is 9.89 Å². The molecule has 1 saturated heterocycles. The quantitative estimate of drug-likeness (QED) is 0.435. The number of hydrogen-bond donors (Lipinski definition) is 2. The summed E-state index contributed by atoms with van der Waals surface area (Å²) in [7, 11) is 0. The molecule has 0 radical (unpaired) electrons. The van der Waals surface area contributed by atoms with Crippen LogP contribution in [0.4, 0.5) is 21.8 Å². The Kier molecular flexibility index (Phi) is 5.82. The van der Waals surface area contributed by atoms with E-state index in [-0.39, 0.29) is 11.7 Å². The van der Waals surface area contributed by atoms with Gasteiger partial charge in [-0.2, -0.15) is 5.10 Å². The van der Waals surface area contributed by atoms with Crippen LogP contribution in [0, 0.1) is 12.8 Å². The monoisotopic (exact) mass is 466 g/mol. The Balaban J connectivity index is 1.36. The van der Waals surface area contributed by atoms with Crippen LogP contribution in [0.2, 0.25) is 0 Å². The second-order valence-electron chi connectivity index (χ2n) is 8.94. The highest BCUT2D eigenvalue weighted by atomic mass is 32.2. The average molecular weight is 467 g/mol. The van der Waals surface area contributed by atoms with Gasteiger partial charge < -0.3 is 10.2 Å². The van der Waals surface area contributed by atoms with Crippen LogP contribution < -0.4 is 10.2 Å². The summed E-state index contributed by atoms with van der Waals surface area (Å²) in [6.45, 7) is 4.56. The van der Waals surface area contributed by atoms with E-state index in [1.165, 1.54) is 11.8 Å². The molecule has 1 saturated carbocycles. The second-order valence-corrected chi connectivity index (χ2v) is 9.98. The van der Waals surface area contributed by atoms with E-state index in [0.717, 1.165) is 29.0 Å². The highest BCUT2D eigenvalue weighted by Crippen LogP contribution is 2.48. The average Bonchev–Trinajstić information content (AvgIpc) is 3.55. The maximum absolute atomic E-state index is 14.9. The molecule has 3 aromatic rings. The van der Waals surface area contributed by atoms with Gasteiger partial charge in [0.05, 0.1) is 13.1 Å². The van der Waals surface area contributed by atoms with E-state index in [9.17, 15) is 9.18 Å². The van der Waals surface area contributed by atoms with Gasteiger partial charge in [0.15, 0.2) is 11.0 Å². The molecule has 0 amide bonds. The topological polar surface area (TPSA) is 86.8 Å². The molecule has 3 heterocycles. The van der Waals surface area contributed by atoms with Gasteiger partial charge in [-0.05, 0) is 55.1 Å². The van der Waals surface area contributed by atoms with Crippen molar-refractivity contribution in [1.29, 1.82) is 0 Å². The second kappa shape index (κ2) is 8.78. The molecule has 7 nitrogen and oxygen atoms in total. The molecule has 2 aliphatic rings. The summed E-state index contributed by atoms with van der Waals surface area (Å²) in [5.41, 5.74) is 0.853. The molecule has 2 aromatic heterocycles. The first-order valence-electron chi connectivity index (χ1n) is 11.3. The van der Waals surface area contributed by atoms with Gasteiger partial charge in [0.2, 0.25) is 0 Å². The summed E-state index contributed by atoms with van der Waals surface area (Å²) in [5.74, 6) is 2.41. The highest BCUT2D eigenvalue weighted by Gasteiger charge is 2.54. The lowest BCUT2D eigenvalue weighted by molar-refractivity contribution is -0.118. The van der Waals surface area contributed by atoms with E-state index < -0.39 is 5.67 Å². The smallest absolute Gasteiger partial charge is 0.196 e. The molecular weight excluding hydrogens is 439 g/mol. The largest absolute Gasteiger partial charge is 0.350 e. The van der Waals surface area contributed by atoms with Crippen LogP contribution in [0.5, 0.6) is 0 Å². The minimum atomic E-state index is -1.09. The van der Waals surface area contributed by atoms with Crippen molar-refractivity contribution >= 4 is 35.0 Å². The number of carbonyl (C=O) groups excluding carboxylic acids is 1. The van der Waals surface area contributed by atoms with Crippen LogP contribution in [0.25, 0.3) is 0 Å². The van der Waals surface area contributed by atoms with Crippen molar-refractivity contribution in [2.24, 2.45) is 5.92 Å². The summed E-state index contributed by atoms with van der Waals surface area (Å²) in [5, 5.41) is 10.9. The number of rotatable bonds is 9. The van der Waals surface area contributed by atoms with Crippen molar-refractivity contribution < 1.29 is 9.18 Å². The van der Waals surface area contributed by atoms with Gasteiger partial charge in [0.25, 0.3) is 0 Å². The summed E-state index contributed by atoms with van der Waals surface area (Å²) in [6.07, 6.45) is 2.96. The predicted molar refractivity (Wildman–Crippen MR) is 127 cm³/mol. The van der Waals surface area contributed by atoms with Crippen LogP contribution >= 0.6 is 11.8 Å². The third-order valence-electron chi connectivity index (χ3n) is 6.12. The SMILES string of the molecule is CCC(=O)Cc1ccc(Sc2nc(Nc3cc(C)[nH]n3)cc(N3CC(F)(C4CC4)C3)n2)cc1. The number of anilines is 3. The van der Waals surface area contributed by atoms with E-state index >= 15 is 0 Å². The molecule has 0 bridgehead atoms. The van der Waals surface area contributed by atoms with Crippen LogP contribution in [-0.2, 0) is 11.2 Å². The van der Waals surface area contributed by atoms with Crippen molar-refractivity contribution in [3.63, 3.8) is 0 Å². The number of hydrogen-bond acceptors (Lipinski definition) is 7. The zero-order chi connectivity index (χ0) is 23.0. The Morgan fingerprint density at radius 2 is 1.97 bits per heavy atom. The van der Waals surface area contributed by atoms with Gasteiger partial charge in [0, 0.05) is 35.6 Å². The Labute approximate surface area is 196 Å². The number of alkyl halides is 1. The molecule has 9 heteroatoms. The summed E-state index contributed by atoms with van der Waals surface area (Å²) in [4.78, 5) is 24.0. The third kappa shape index (κ3) is 5.03. The Morgan fingerprint density at radius 1 is 1.21 bits per heavy atom. The van der Waals surface area contributed by atoms with Crippen molar-refractivity contribution in [1.82, 2.24) is 20.2 Å². The van der Waals surface area contributed by atoms with E-state index in [0.29, 0.717) is 48.5 Å². The summed E-state index contributed by atoms with van der Waals surface area (Å²) in [6, 6.07) is 11.6. The number of aromatic nitrogens is 4. The maximum Gasteiger partial charge on any atom is 0.196 e. The molecule has 2 fully saturated rings. The number of Topliss-reactive ketones (excluding diaryl/α,β-unsaturated/α-hetero) is 1. The molecule has 2 N–H and O–H groups in total. The Hall–Kier alpha value is -2.94. The molecule has 1 aromatic carbocycles. The first-order chi connectivity index (χ1) is 15.9. The van der Waals surface area contributed by atoms with E-state index in [2.05, 4.69) is 20.5 Å². The van der Waals surface area contributed by atoms with E-state index in [1.54, 1.807) is 0 Å². The van der Waals surface area contributed by atoms with E-state index in [4.69, 9.17) is 4.98 Å². The number of carbonyl (C=O) groups is 1. The number of aromatic amines is 1. The van der Waals surface area contributed by atoms with Gasteiger partial charge in [-0.1, -0.05) is 19.1 Å². The number of H-pyrrole nitrogens is 1. The normalized spacial score (nSPS) is 17.0. The van der Waals surface area contributed by atoms with Crippen molar-refractivity contribution in [2.45, 2.75) is 55.3 Å². The fraction of sp³-hybridized carbons (Fsp3) is 0.417. The Morgan fingerprint density at radius 3 is 2.61 bits per heavy atom. The lowest BCUT2D eigenvalue weighted by Crippen LogP contribution is -2.60. The van der Waals surface area contributed by atoms with Crippen LogP contribution in [0.15, 0.2) is 46.5 Å². The van der Waals surface area contributed by atoms with Crippen LogP contribution in [-0.4, -0.2) is 44.7 Å². The third-order valence-corrected chi connectivity index (χ3v) is 7.00. The predicted octanol–water partition coefficient (Wildman–Crippen LogP) is 4.86. The van der Waals surface area contributed by atoms with Crippen molar-refractivity contribution in [3.8, 4) is 0 Å². The number of ketones is 1. The first kappa shape index (κ1) is 21.9. The zero-order valence-electron chi connectivity index (χ0n) is 18.8. The maximum atomic E-state index is 14.9. The molecule has 0 atom stereocenters. The van der Waals surface area contributed by atoms with Gasteiger partial charge in [-0.15, -0.1) is 0 Å². The summed E-state index contributed by atoms with van der Waals surface area (Å²) >= 11 is 1.44. The molecule has 1 aliphatic heterocycles. The first-order valence-corrected chi connectivity index (χ1v) is 12.1. The Bertz CT molecular complexity index is 1150. The van der Waals surface area contributed by atoms with Gasteiger partial charge in [-0.25, -0.2) is 14.4 Å². The van der Waals surface area contributed by atoms with Crippen LogP contribution in [0.1, 0.15) is 37.4 Å². The number of halogens is 1. The number of aryl methyl sites for hydroxylation is 1. The molecule has 1 aliphatic carbocycles. The minimum Gasteiger partial charge on any atom is -0.350 e. The number of nitrogens with zero attached hydrogens (tertiary/aromatic N) is 4. The molecule has 0 unspecified atom stereocenters. The highest BCUT2D eigenvalue weighted by molar-refractivity contribution is 7.99. The zero-order valence-corrected chi connectivity index (χ0v) is 19.6. The van der Waals surface area contributed by atoms with Crippen molar-refractivity contribution in [2.75, 3.05) is 23.3 Å². The van der Waals surface area contributed by atoms with Gasteiger partial charge >= 0.3 is 0 Å². The van der Waals surface area contributed by atoms with E-state index in [1.807, 2.05) is 55.1 Å². The molecule has 172 valence electrons. The minimum absolute atomic E-state index is 0.201. The molecule has 33 heavy (non-hydrogen) atoms. The number of benzene rings is 1. The summed E-state index contributed by atoms with van der Waals surface area (Å²) < 4.78 is 14.9. The molecule has 5 rings (SSSR count). The molecule has 0 spiro atoms. The fourth-order valence-electron chi connectivity index (χ4n) is 4.04. The lowest BCUT2D eigenvalue weighted by atomic mass is 9.91. The van der Waals surface area contributed by atoms with Crippen molar-refractivity contribution in [3.05, 3.63) is 47.7 Å². The lowest BCUT2D eigenvalue weighted by Gasteiger charge is -2.45.